The summed E-state index contributed by atoms with van der Waals surface area (Å²) in [5.41, 5.74) is 1.39. The average Bonchev–Trinajstić information content (AvgIpc) is 0.758. The molecule has 0 aliphatic carbocycles. The molecule has 5 fully saturated rings. The van der Waals surface area contributed by atoms with Crippen LogP contribution in [0.1, 0.15) is 504 Å². The third kappa shape index (κ3) is 36.8. The van der Waals surface area contributed by atoms with E-state index in [2.05, 4.69) is 310 Å². The topological polar surface area (TPSA) is 220 Å². The first-order valence-electron chi connectivity index (χ1n) is 60.8. The molecule has 1 N–H and O–H groups in total. The van der Waals surface area contributed by atoms with Gasteiger partial charge >= 0.3 is 0 Å². The lowest BCUT2D eigenvalue weighted by Gasteiger charge is -2.56. The van der Waals surface area contributed by atoms with Gasteiger partial charge in [-0.05, 0) is 325 Å². The molecular formula is C118H228N24O5. The maximum absolute atomic E-state index is 6.91. The zero-order valence-electron chi connectivity index (χ0n) is 102. The van der Waals surface area contributed by atoms with Crippen LogP contribution in [0.4, 0.5) is 47.6 Å². The number of nitrogens with zero attached hydrogens (tertiary/aromatic N) is 23. The highest BCUT2D eigenvalue weighted by molar-refractivity contribution is 5.50. The van der Waals surface area contributed by atoms with Gasteiger partial charge in [-0.2, -0.15) is 70.2 Å². The van der Waals surface area contributed by atoms with Gasteiger partial charge in [0.2, 0.25) is 47.6 Å². The summed E-state index contributed by atoms with van der Waals surface area (Å²) in [5, 5.41) is 14.2. The minimum atomic E-state index is -0.354. The molecule has 8 rings (SSSR count). The Hall–Kier alpha value is -5.05. The van der Waals surface area contributed by atoms with Crippen LogP contribution in [-0.2, 0) is 30.7 Å². The number of hydroxylamine groups is 10. The van der Waals surface area contributed by atoms with Crippen molar-refractivity contribution in [1.29, 1.82) is 0 Å². The molecule has 0 amide bonds. The highest BCUT2D eigenvalue weighted by atomic mass is 16.7. The summed E-state index contributed by atoms with van der Waals surface area (Å²) in [6.07, 6.45) is 41.4. The third-order valence-electron chi connectivity index (χ3n) is 31.7. The summed E-state index contributed by atoms with van der Waals surface area (Å²) in [5.74, 6) is 7.27. The number of nitrogens with one attached hydrogen (secondary N) is 1. The zero-order valence-corrected chi connectivity index (χ0v) is 102. The van der Waals surface area contributed by atoms with Crippen molar-refractivity contribution in [2.24, 2.45) is 0 Å². The SMILES string of the molecule is CCCCN(CCCC)c1nc(N(CCCC)CCCC)nc(N(CCCCCCNN(c2nc(CN(CCCCCCN(c3nc(N(CCCC)CCCC)nc(N(CCCC)CCCC)n3)C3CC(C)(C)N(OCCC)C(C)(C)C3)C3CC(C)(C)N(OCCC)C(C)(C)C3)nc(N(CCCC)C3CC(C)(C)N(OCCC)C(C)(C)C3)n2)C2CC(C)(C)N(OCCC)C(C)(C)C2)C2CC(C)(C)N(OCCC)C(C)(C)C2)n1. The Morgan fingerprint density at radius 1 is 0.218 bits per heavy atom. The van der Waals surface area contributed by atoms with Gasteiger partial charge in [-0.15, -0.1) is 0 Å². The molecule has 0 radical (unpaired) electrons. The molecule has 0 aromatic carbocycles. The predicted molar refractivity (Wildman–Crippen MR) is 619 cm³/mol. The number of anilines is 8. The molecule has 5 aliphatic rings. The molecule has 0 saturated carbocycles. The zero-order chi connectivity index (χ0) is 108. The van der Waals surface area contributed by atoms with E-state index in [1.807, 2.05) is 0 Å². The van der Waals surface area contributed by atoms with E-state index in [1.165, 1.54) is 0 Å². The van der Waals surface area contributed by atoms with Crippen molar-refractivity contribution < 1.29 is 24.2 Å². The Labute approximate surface area is 901 Å². The Kier molecular flexibility index (Phi) is 52.1. The molecule has 850 valence electrons. The van der Waals surface area contributed by atoms with E-state index in [1.54, 1.807) is 0 Å². The molecule has 3 aromatic rings. The second-order valence-electron chi connectivity index (χ2n) is 51.2. The minimum Gasteiger partial charge on any atom is -0.341 e. The van der Waals surface area contributed by atoms with Crippen LogP contribution < -0.4 is 44.7 Å². The van der Waals surface area contributed by atoms with E-state index in [9.17, 15) is 0 Å². The van der Waals surface area contributed by atoms with Crippen LogP contribution in [0.2, 0.25) is 0 Å². The predicted octanol–water partition coefficient (Wildman–Crippen LogP) is 26.5. The number of hydrogen-bond acceptors (Lipinski definition) is 29. The monoisotopic (exact) mass is 2060 g/mol. The van der Waals surface area contributed by atoms with Crippen LogP contribution >= 0.6 is 0 Å². The highest BCUT2D eigenvalue weighted by Crippen LogP contribution is 2.49. The number of piperidine rings is 5. The molecule has 29 heteroatoms. The van der Waals surface area contributed by atoms with Gasteiger partial charge in [0.15, 0.2) is 0 Å². The molecule has 29 nitrogen and oxygen atoms in total. The van der Waals surface area contributed by atoms with Gasteiger partial charge in [0.1, 0.15) is 5.82 Å². The summed E-state index contributed by atoms with van der Waals surface area (Å²) in [6.45, 7) is 95.3. The summed E-state index contributed by atoms with van der Waals surface area (Å²) >= 11 is 0. The average molecular weight is 2060 g/mol. The number of rotatable bonds is 72. The molecule has 8 heterocycles. The van der Waals surface area contributed by atoms with Crippen molar-refractivity contribution >= 4 is 47.6 Å². The normalized spacial score (nSPS) is 19.9. The standard InChI is InChI=1S/C118H228N24O5/c1-35-49-67-129(68-50-36-2)101-122-102(130(69-51-37-3)70-52-38-4)125-106(124-101)135(97-88-113(23,24)140(145-81-46-12)114(25,26)89-97)77-64-59-58-62-66-119-137(99-92-117(31,32)142(147-83-48-14)118(33,34)93-99)108-121-100(120-105(128-108)134(76-57-43-9)96-86-111(19,20)139(144-80-45-11)112(21,22)87-96)94-133(95-84-109(15,16)138(143-79-44-10)110(17,18)85-95)75-63-60-61-65-78-136(98-90-115(27,28)141(146-82-47-13)116(29,30)91-98)107-126-103(131(71-53-39-5)72-54-40-6)123-104(127-107)132(73-55-41-7)74-56-42-8/h95-99,119H,35-94H2,1-34H3. The Morgan fingerprint density at radius 2 is 0.422 bits per heavy atom. The van der Waals surface area contributed by atoms with E-state index >= 15 is 0 Å². The van der Waals surface area contributed by atoms with E-state index in [0.29, 0.717) is 45.5 Å². The van der Waals surface area contributed by atoms with Gasteiger partial charge in [-0.25, -0.2) is 5.43 Å². The molecule has 5 saturated heterocycles. The Morgan fingerprint density at radius 3 is 0.680 bits per heavy atom. The van der Waals surface area contributed by atoms with Gasteiger partial charge < -0.3 is 34.3 Å². The third-order valence-corrected chi connectivity index (χ3v) is 31.7. The van der Waals surface area contributed by atoms with Crippen molar-refractivity contribution in [2.75, 3.05) is 157 Å². The lowest BCUT2D eigenvalue weighted by atomic mass is 9.78. The number of aromatic nitrogens is 9. The molecule has 0 unspecified atom stereocenters. The van der Waals surface area contributed by atoms with E-state index in [0.717, 1.165) is 396 Å². The lowest BCUT2D eigenvalue weighted by Crippen LogP contribution is -2.66. The smallest absolute Gasteiger partial charge is 0.245 e. The maximum atomic E-state index is 6.91. The molecule has 0 spiro atoms. The van der Waals surface area contributed by atoms with Crippen LogP contribution in [0.5, 0.6) is 0 Å². The van der Waals surface area contributed by atoms with E-state index < -0.39 is 0 Å². The van der Waals surface area contributed by atoms with Gasteiger partial charge in [0.05, 0.1) is 45.6 Å². The second-order valence-corrected chi connectivity index (χ2v) is 51.2. The largest absolute Gasteiger partial charge is 0.341 e. The van der Waals surface area contributed by atoms with Gasteiger partial charge in [-0.1, -0.05) is 180 Å². The molecule has 0 atom stereocenters. The van der Waals surface area contributed by atoms with Crippen LogP contribution in [-0.4, -0.2) is 279 Å². The Balaban J connectivity index is 1.25. The van der Waals surface area contributed by atoms with Gasteiger partial charge in [-0.3, -0.25) is 34.1 Å². The van der Waals surface area contributed by atoms with Crippen LogP contribution in [0.3, 0.4) is 0 Å². The molecule has 147 heavy (non-hydrogen) atoms. The highest BCUT2D eigenvalue weighted by Gasteiger charge is 2.55. The summed E-state index contributed by atoms with van der Waals surface area (Å²) in [6, 6.07) is 0.588. The van der Waals surface area contributed by atoms with Crippen LogP contribution in [0.25, 0.3) is 0 Å². The van der Waals surface area contributed by atoms with Crippen molar-refractivity contribution in [1.82, 2.24) is 80.5 Å². The lowest BCUT2D eigenvalue weighted by molar-refractivity contribution is -0.288. The van der Waals surface area contributed by atoms with E-state index in [-0.39, 0.29) is 85.6 Å². The first-order chi connectivity index (χ1) is 69.8. The van der Waals surface area contributed by atoms with Gasteiger partial charge in [0.25, 0.3) is 0 Å². The summed E-state index contributed by atoms with van der Waals surface area (Å²) < 4.78 is 0. The van der Waals surface area contributed by atoms with Crippen molar-refractivity contribution in [3.63, 3.8) is 0 Å². The first-order valence-corrected chi connectivity index (χ1v) is 60.8. The fourth-order valence-electron chi connectivity index (χ4n) is 25.6. The number of unbranched alkanes of at least 4 members (excludes halogenated alkanes) is 15. The fourth-order valence-corrected chi connectivity index (χ4v) is 25.6. The molecule has 5 aliphatic heterocycles. The first kappa shape index (κ1) is 127. The maximum Gasteiger partial charge on any atom is 0.245 e. The second kappa shape index (κ2) is 60.3. The quantitative estimate of drug-likeness (QED) is 0.0410. The number of hydrogen-bond donors (Lipinski definition) is 1. The molecule has 0 bridgehead atoms. The van der Waals surface area contributed by atoms with Crippen molar-refractivity contribution in [2.45, 2.75) is 591 Å². The fraction of sp³-hybridized carbons (Fsp3) is 0.924. The van der Waals surface area contributed by atoms with Crippen molar-refractivity contribution in [3.05, 3.63) is 5.82 Å². The molecular weight excluding hydrogens is 1830 g/mol. The summed E-state index contributed by atoms with van der Waals surface area (Å²) in [4.78, 5) is 107. The Bertz CT molecular complexity index is 3950. The number of hydrazine groups is 1. The van der Waals surface area contributed by atoms with Crippen LogP contribution in [0.15, 0.2) is 0 Å². The van der Waals surface area contributed by atoms with Crippen molar-refractivity contribution in [3.8, 4) is 0 Å². The van der Waals surface area contributed by atoms with Gasteiger partial charge in [0, 0.05) is 158 Å². The molecule has 3 aromatic heterocycles. The van der Waals surface area contributed by atoms with E-state index in [4.69, 9.17) is 69.0 Å². The van der Waals surface area contributed by atoms with Crippen LogP contribution in [0, 0.1) is 0 Å². The minimum absolute atomic E-state index is 0.0188. The summed E-state index contributed by atoms with van der Waals surface area (Å²) in [7, 11) is 0.